The first kappa shape index (κ1) is 17.0. The molecule has 0 saturated carbocycles. The van der Waals surface area contributed by atoms with Gasteiger partial charge in [0, 0.05) is 17.0 Å². The number of anilines is 1. The molecule has 1 aliphatic heterocycles. The average molecular weight is 341 g/mol. The number of nitrogens with one attached hydrogen (secondary N) is 1. The summed E-state index contributed by atoms with van der Waals surface area (Å²) in [6.07, 6.45) is 1.86. The highest BCUT2D eigenvalue weighted by Crippen LogP contribution is 2.44. The molecular formula is C16H21ClN2O2S. The number of aliphatic imine (C=N–C) groups is 1. The molecule has 1 aromatic rings. The third-order valence-electron chi connectivity index (χ3n) is 3.94. The summed E-state index contributed by atoms with van der Waals surface area (Å²) in [6, 6.07) is 3.54. The maximum Gasteiger partial charge on any atom is 0.166 e. The van der Waals surface area contributed by atoms with Crippen molar-refractivity contribution in [1.82, 2.24) is 0 Å². The zero-order valence-electron chi connectivity index (χ0n) is 13.3. The van der Waals surface area contributed by atoms with Crippen LogP contribution in [0.4, 0.5) is 5.69 Å². The molecular weight excluding hydrogens is 320 g/mol. The number of nitrogens with zero attached hydrogens (tertiary/aromatic N) is 1. The summed E-state index contributed by atoms with van der Waals surface area (Å²) in [4.78, 5) is 5.90. The Labute approximate surface area is 140 Å². The Morgan fingerprint density at radius 2 is 1.86 bits per heavy atom. The molecule has 1 heterocycles. The van der Waals surface area contributed by atoms with Gasteiger partial charge in [0.25, 0.3) is 0 Å². The first-order chi connectivity index (χ1) is 10.5. The number of hydrogen-bond acceptors (Lipinski definition) is 5. The van der Waals surface area contributed by atoms with Crippen LogP contribution in [0.15, 0.2) is 28.6 Å². The third kappa shape index (κ3) is 3.06. The summed E-state index contributed by atoms with van der Waals surface area (Å²) in [6.45, 7) is 8.43. The minimum atomic E-state index is -0.184. The van der Waals surface area contributed by atoms with Gasteiger partial charge in [0.1, 0.15) is 11.5 Å². The van der Waals surface area contributed by atoms with Gasteiger partial charge in [-0.15, -0.1) is 0 Å². The molecule has 2 rings (SSSR count). The van der Waals surface area contributed by atoms with Gasteiger partial charge >= 0.3 is 0 Å². The van der Waals surface area contributed by atoms with E-state index in [9.17, 15) is 0 Å². The monoisotopic (exact) mass is 340 g/mol. The lowest BCUT2D eigenvalue weighted by Gasteiger charge is -2.22. The van der Waals surface area contributed by atoms with Gasteiger partial charge in [0.05, 0.1) is 30.5 Å². The van der Waals surface area contributed by atoms with Crippen molar-refractivity contribution in [3.63, 3.8) is 0 Å². The van der Waals surface area contributed by atoms with E-state index in [1.54, 1.807) is 32.0 Å². The van der Waals surface area contributed by atoms with Gasteiger partial charge in [0.15, 0.2) is 5.17 Å². The van der Waals surface area contributed by atoms with E-state index in [0.29, 0.717) is 16.5 Å². The predicted molar refractivity (Wildman–Crippen MR) is 95.7 cm³/mol. The molecule has 0 aliphatic carbocycles. The highest BCUT2D eigenvalue weighted by atomic mass is 35.5. The van der Waals surface area contributed by atoms with Crippen LogP contribution in [0.5, 0.6) is 11.5 Å². The number of halogens is 1. The molecule has 0 aromatic heterocycles. The Bertz CT molecular complexity index is 612. The van der Waals surface area contributed by atoms with Crippen LogP contribution >= 0.6 is 23.4 Å². The van der Waals surface area contributed by atoms with E-state index in [1.807, 2.05) is 6.07 Å². The number of rotatable bonds is 5. The van der Waals surface area contributed by atoms with E-state index in [4.69, 9.17) is 26.1 Å². The average Bonchev–Trinajstić information content (AvgIpc) is 2.84. The molecule has 6 heteroatoms. The smallest absolute Gasteiger partial charge is 0.166 e. The van der Waals surface area contributed by atoms with Crippen molar-refractivity contribution in [3.8, 4) is 11.5 Å². The normalized spacial score (nSPS) is 16.4. The minimum absolute atomic E-state index is 0.184. The third-order valence-corrected chi connectivity index (χ3v) is 5.25. The topological polar surface area (TPSA) is 42.8 Å². The maximum atomic E-state index is 6.13. The molecule has 0 fully saturated rings. The van der Waals surface area contributed by atoms with Crippen molar-refractivity contribution in [3.05, 3.63) is 28.6 Å². The molecule has 0 unspecified atom stereocenters. The summed E-state index contributed by atoms with van der Waals surface area (Å²) in [5.41, 5.74) is 0.585. The van der Waals surface area contributed by atoms with Crippen LogP contribution in [0.2, 0.25) is 5.02 Å². The summed E-state index contributed by atoms with van der Waals surface area (Å²) < 4.78 is 10.6. The van der Waals surface area contributed by atoms with Crippen LogP contribution in [-0.4, -0.2) is 24.9 Å². The molecule has 0 spiro atoms. The molecule has 120 valence electrons. The number of thioether (sulfide) groups is 1. The Balaban J connectivity index is 2.33. The zero-order valence-corrected chi connectivity index (χ0v) is 14.9. The standard InChI is InChI=1S/C16H21ClN2O2S/c1-6-16(7-2)10(3)22-15(19-16)18-12-9-13(20-4)11(17)8-14(12)21-5/h8-9H,3,6-7H2,1-2,4-5H3,(H,18,19). The second-order valence-electron chi connectivity index (χ2n) is 4.99. The van der Waals surface area contributed by atoms with Gasteiger partial charge in [-0.1, -0.05) is 43.8 Å². The fourth-order valence-corrected chi connectivity index (χ4v) is 3.79. The SMILES string of the molecule is C=C1SC(Nc2cc(OC)c(Cl)cc2OC)=NC1(CC)CC. The van der Waals surface area contributed by atoms with Crippen molar-refractivity contribution in [2.24, 2.45) is 4.99 Å². The van der Waals surface area contributed by atoms with Crippen molar-refractivity contribution in [2.45, 2.75) is 32.2 Å². The molecule has 0 atom stereocenters. The van der Waals surface area contributed by atoms with Crippen LogP contribution in [0.1, 0.15) is 26.7 Å². The molecule has 4 nitrogen and oxygen atoms in total. The summed E-state index contributed by atoms with van der Waals surface area (Å²) in [5, 5.41) is 4.63. The Morgan fingerprint density at radius 1 is 1.23 bits per heavy atom. The number of amidine groups is 1. The van der Waals surface area contributed by atoms with Crippen LogP contribution in [0.3, 0.4) is 0 Å². The second-order valence-corrected chi connectivity index (χ2v) is 6.48. The minimum Gasteiger partial charge on any atom is -0.495 e. The number of benzene rings is 1. The summed E-state index contributed by atoms with van der Waals surface area (Å²) >= 11 is 7.70. The molecule has 0 saturated heterocycles. The van der Waals surface area contributed by atoms with Gasteiger partial charge in [-0.2, -0.15) is 0 Å². The van der Waals surface area contributed by atoms with Crippen molar-refractivity contribution >= 4 is 34.2 Å². The van der Waals surface area contributed by atoms with E-state index in [-0.39, 0.29) is 5.54 Å². The van der Waals surface area contributed by atoms with E-state index < -0.39 is 0 Å². The van der Waals surface area contributed by atoms with E-state index in [1.165, 1.54) is 0 Å². The Hall–Kier alpha value is -1.33. The van der Waals surface area contributed by atoms with E-state index in [2.05, 4.69) is 25.7 Å². The number of methoxy groups -OCH3 is 2. The van der Waals surface area contributed by atoms with Gasteiger partial charge in [-0.25, -0.2) is 0 Å². The van der Waals surface area contributed by atoms with E-state index >= 15 is 0 Å². The molecule has 0 amide bonds. The van der Waals surface area contributed by atoms with Crippen LogP contribution in [-0.2, 0) is 0 Å². The molecule has 1 aromatic carbocycles. The molecule has 0 radical (unpaired) electrons. The Morgan fingerprint density at radius 3 is 2.36 bits per heavy atom. The predicted octanol–water partition coefficient (Wildman–Crippen LogP) is 4.94. The van der Waals surface area contributed by atoms with Crippen LogP contribution < -0.4 is 14.8 Å². The fraction of sp³-hybridized carbons (Fsp3) is 0.438. The maximum absolute atomic E-state index is 6.13. The molecule has 22 heavy (non-hydrogen) atoms. The van der Waals surface area contributed by atoms with Gasteiger partial charge in [-0.05, 0) is 12.8 Å². The fourth-order valence-electron chi connectivity index (χ4n) is 2.42. The second kappa shape index (κ2) is 6.84. The van der Waals surface area contributed by atoms with Crippen molar-refractivity contribution in [2.75, 3.05) is 19.5 Å². The lowest BCUT2D eigenvalue weighted by Crippen LogP contribution is -2.22. The number of ether oxygens (including phenoxy) is 2. The highest BCUT2D eigenvalue weighted by Gasteiger charge is 2.36. The van der Waals surface area contributed by atoms with Crippen molar-refractivity contribution < 1.29 is 9.47 Å². The first-order valence-corrected chi connectivity index (χ1v) is 8.34. The largest absolute Gasteiger partial charge is 0.495 e. The van der Waals surface area contributed by atoms with Gasteiger partial charge in [0.2, 0.25) is 0 Å². The molecule has 0 bridgehead atoms. The first-order valence-electron chi connectivity index (χ1n) is 7.15. The summed E-state index contributed by atoms with van der Waals surface area (Å²) in [7, 11) is 3.19. The lowest BCUT2D eigenvalue weighted by molar-refractivity contribution is 0.405. The van der Waals surface area contributed by atoms with E-state index in [0.717, 1.165) is 28.6 Å². The van der Waals surface area contributed by atoms with Gasteiger partial charge < -0.3 is 14.8 Å². The summed E-state index contributed by atoms with van der Waals surface area (Å²) in [5.74, 6) is 1.23. The highest BCUT2D eigenvalue weighted by molar-refractivity contribution is 8.17. The van der Waals surface area contributed by atoms with Crippen LogP contribution in [0.25, 0.3) is 0 Å². The quantitative estimate of drug-likeness (QED) is 0.824. The molecule has 1 N–H and O–H groups in total. The zero-order chi connectivity index (χ0) is 16.3. The Kier molecular flexibility index (Phi) is 5.29. The lowest BCUT2D eigenvalue weighted by atomic mass is 9.94. The number of hydrogen-bond donors (Lipinski definition) is 1. The van der Waals surface area contributed by atoms with Crippen molar-refractivity contribution in [1.29, 1.82) is 0 Å². The van der Waals surface area contributed by atoms with Crippen LogP contribution in [0, 0.1) is 0 Å². The molecule has 1 aliphatic rings. The van der Waals surface area contributed by atoms with Gasteiger partial charge in [-0.3, -0.25) is 4.99 Å².